The summed E-state index contributed by atoms with van der Waals surface area (Å²) >= 11 is 17.6. The highest BCUT2D eigenvalue weighted by Gasteiger charge is 2.07. The SMILES string of the molecule is COc1cc(/C=N/Nc2nc(Cl)c(Cl)cc2Cl)ccc1OCC#N. The first-order valence-corrected chi connectivity index (χ1v) is 7.67. The van der Waals surface area contributed by atoms with Crippen LogP contribution >= 0.6 is 34.8 Å². The maximum Gasteiger partial charge on any atom is 0.174 e. The average molecular weight is 386 g/mol. The van der Waals surface area contributed by atoms with E-state index in [1.807, 2.05) is 6.07 Å². The molecule has 9 heteroatoms. The number of aromatic nitrogens is 1. The highest BCUT2D eigenvalue weighted by Crippen LogP contribution is 2.29. The predicted octanol–water partition coefficient (Wildman–Crippen LogP) is 4.40. The van der Waals surface area contributed by atoms with Gasteiger partial charge in [0.25, 0.3) is 0 Å². The van der Waals surface area contributed by atoms with Crippen LogP contribution in [0.3, 0.4) is 0 Å². The van der Waals surface area contributed by atoms with Gasteiger partial charge in [-0.1, -0.05) is 34.8 Å². The van der Waals surface area contributed by atoms with Crippen LogP contribution in [0.4, 0.5) is 5.82 Å². The van der Waals surface area contributed by atoms with Crippen molar-refractivity contribution in [2.24, 2.45) is 5.10 Å². The highest BCUT2D eigenvalue weighted by atomic mass is 35.5. The van der Waals surface area contributed by atoms with E-state index in [0.29, 0.717) is 16.5 Å². The number of ether oxygens (including phenoxy) is 2. The maximum atomic E-state index is 8.55. The summed E-state index contributed by atoms with van der Waals surface area (Å²) in [6.07, 6.45) is 1.54. The summed E-state index contributed by atoms with van der Waals surface area (Å²) in [5.74, 6) is 1.24. The van der Waals surface area contributed by atoms with Gasteiger partial charge in [0.2, 0.25) is 0 Å². The number of nitriles is 1. The van der Waals surface area contributed by atoms with E-state index in [1.165, 1.54) is 19.4 Å². The fraction of sp³-hybridized carbons (Fsp3) is 0.133. The number of benzene rings is 1. The van der Waals surface area contributed by atoms with Crippen molar-refractivity contribution < 1.29 is 9.47 Å². The van der Waals surface area contributed by atoms with Crippen LogP contribution < -0.4 is 14.9 Å². The standard InChI is InChI=1S/C15H11Cl3N4O2/c1-23-13-6-9(2-3-12(13)24-5-4-19)8-20-22-15-11(17)7-10(16)14(18)21-15/h2-3,6-8H,5H2,1H3,(H,21,22)/b20-8+. The molecule has 6 nitrogen and oxygen atoms in total. The van der Waals surface area contributed by atoms with E-state index >= 15 is 0 Å². The van der Waals surface area contributed by atoms with Gasteiger partial charge in [-0.05, 0) is 29.8 Å². The lowest BCUT2D eigenvalue weighted by molar-refractivity contribution is 0.329. The molecule has 0 saturated heterocycles. The van der Waals surface area contributed by atoms with Crippen molar-refractivity contribution in [3.63, 3.8) is 0 Å². The number of pyridine rings is 1. The number of methoxy groups -OCH3 is 1. The molecule has 1 heterocycles. The maximum absolute atomic E-state index is 8.55. The molecule has 0 unspecified atom stereocenters. The van der Waals surface area contributed by atoms with E-state index in [2.05, 4.69) is 15.5 Å². The van der Waals surface area contributed by atoms with E-state index in [0.717, 1.165) is 5.56 Å². The van der Waals surface area contributed by atoms with Crippen LogP contribution in [-0.4, -0.2) is 24.9 Å². The van der Waals surface area contributed by atoms with Crippen LogP contribution in [0.1, 0.15) is 5.56 Å². The summed E-state index contributed by atoms with van der Waals surface area (Å²) in [5.41, 5.74) is 3.42. The quantitative estimate of drug-likeness (QED) is 0.453. The fourth-order valence-corrected chi connectivity index (χ4v) is 2.22. The second kappa shape index (κ2) is 8.60. The third-order valence-electron chi connectivity index (χ3n) is 2.75. The lowest BCUT2D eigenvalue weighted by atomic mass is 10.2. The Balaban J connectivity index is 2.12. The third kappa shape index (κ3) is 4.65. The number of anilines is 1. The summed E-state index contributed by atoms with van der Waals surface area (Å²) in [6.45, 7) is -0.0627. The van der Waals surface area contributed by atoms with Crippen LogP contribution in [-0.2, 0) is 0 Å². The van der Waals surface area contributed by atoms with Crippen LogP contribution in [0.15, 0.2) is 29.4 Å². The van der Waals surface area contributed by atoms with Crippen molar-refractivity contribution in [2.45, 2.75) is 0 Å². The Hall–Kier alpha value is -2.20. The molecule has 0 fully saturated rings. The minimum atomic E-state index is -0.0627. The minimum absolute atomic E-state index is 0.0627. The fourth-order valence-electron chi connectivity index (χ4n) is 1.68. The van der Waals surface area contributed by atoms with Crippen molar-refractivity contribution in [3.8, 4) is 17.6 Å². The van der Waals surface area contributed by atoms with Gasteiger partial charge in [0.05, 0.1) is 23.4 Å². The molecule has 0 spiro atoms. The lowest BCUT2D eigenvalue weighted by Gasteiger charge is -2.08. The molecule has 0 amide bonds. The van der Waals surface area contributed by atoms with Crippen LogP contribution in [0.25, 0.3) is 0 Å². The smallest absolute Gasteiger partial charge is 0.174 e. The molecule has 2 aromatic rings. The number of nitrogens with one attached hydrogen (secondary N) is 1. The Morgan fingerprint density at radius 3 is 2.75 bits per heavy atom. The first-order valence-electron chi connectivity index (χ1n) is 6.53. The van der Waals surface area contributed by atoms with Crippen LogP contribution in [0, 0.1) is 11.3 Å². The summed E-state index contributed by atoms with van der Waals surface area (Å²) in [6, 6.07) is 8.51. The lowest BCUT2D eigenvalue weighted by Crippen LogP contribution is -1.98. The van der Waals surface area contributed by atoms with Gasteiger partial charge in [0, 0.05) is 0 Å². The number of hydrazone groups is 1. The van der Waals surface area contributed by atoms with Gasteiger partial charge in [-0.25, -0.2) is 4.98 Å². The second-order valence-corrected chi connectivity index (χ2v) is 5.49. The molecule has 2 rings (SSSR count). The molecular weight excluding hydrogens is 375 g/mol. The summed E-state index contributed by atoms with van der Waals surface area (Å²) in [4.78, 5) is 3.99. The Morgan fingerprint density at radius 1 is 1.25 bits per heavy atom. The molecule has 0 radical (unpaired) electrons. The molecule has 1 N–H and O–H groups in total. The molecule has 24 heavy (non-hydrogen) atoms. The zero-order chi connectivity index (χ0) is 17.5. The van der Waals surface area contributed by atoms with Crippen molar-refractivity contribution >= 4 is 46.8 Å². The van der Waals surface area contributed by atoms with E-state index < -0.39 is 0 Å². The number of nitrogens with zero attached hydrogens (tertiary/aromatic N) is 3. The molecule has 0 atom stereocenters. The Labute approximate surface area is 153 Å². The number of halogens is 3. The average Bonchev–Trinajstić information content (AvgIpc) is 2.58. The minimum Gasteiger partial charge on any atom is -0.493 e. The van der Waals surface area contributed by atoms with Crippen molar-refractivity contribution in [1.29, 1.82) is 5.26 Å². The Morgan fingerprint density at radius 2 is 2.04 bits per heavy atom. The predicted molar refractivity (Wildman–Crippen MR) is 94.6 cm³/mol. The monoisotopic (exact) mass is 384 g/mol. The Kier molecular flexibility index (Phi) is 6.50. The van der Waals surface area contributed by atoms with Gasteiger partial charge in [-0.2, -0.15) is 10.4 Å². The zero-order valence-electron chi connectivity index (χ0n) is 12.4. The van der Waals surface area contributed by atoms with Gasteiger partial charge in [0.15, 0.2) is 23.9 Å². The topological polar surface area (TPSA) is 79.5 Å². The van der Waals surface area contributed by atoms with Crippen molar-refractivity contribution in [1.82, 2.24) is 4.98 Å². The molecular formula is C15H11Cl3N4O2. The van der Waals surface area contributed by atoms with Gasteiger partial charge in [-0.15, -0.1) is 0 Å². The zero-order valence-corrected chi connectivity index (χ0v) is 14.7. The van der Waals surface area contributed by atoms with Gasteiger partial charge < -0.3 is 9.47 Å². The Bertz CT molecular complexity index is 806. The number of hydrogen-bond donors (Lipinski definition) is 1. The molecule has 1 aromatic heterocycles. The number of rotatable bonds is 6. The molecule has 0 saturated carbocycles. The third-order valence-corrected chi connectivity index (χ3v) is 3.71. The van der Waals surface area contributed by atoms with Gasteiger partial charge in [-0.3, -0.25) is 5.43 Å². The number of hydrogen-bond acceptors (Lipinski definition) is 6. The highest BCUT2D eigenvalue weighted by molar-refractivity contribution is 6.42. The van der Waals surface area contributed by atoms with Gasteiger partial charge in [0.1, 0.15) is 11.2 Å². The molecule has 0 aliphatic heterocycles. The molecule has 124 valence electrons. The first kappa shape index (κ1) is 18.1. The van der Waals surface area contributed by atoms with E-state index in [9.17, 15) is 0 Å². The molecule has 0 aliphatic rings. The molecule has 1 aromatic carbocycles. The van der Waals surface area contributed by atoms with E-state index in [1.54, 1.807) is 18.2 Å². The molecule has 0 aliphatic carbocycles. The van der Waals surface area contributed by atoms with Crippen LogP contribution in [0.2, 0.25) is 15.2 Å². The second-order valence-electron chi connectivity index (χ2n) is 4.32. The van der Waals surface area contributed by atoms with Crippen LogP contribution in [0.5, 0.6) is 11.5 Å². The first-order chi connectivity index (χ1) is 11.5. The van der Waals surface area contributed by atoms with E-state index in [4.69, 9.17) is 49.5 Å². The van der Waals surface area contributed by atoms with E-state index in [-0.39, 0.29) is 22.6 Å². The van der Waals surface area contributed by atoms with Crippen molar-refractivity contribution in [3.05, 3.63) is 45.0 Å². The summed E-state index contributed by atoms with van der Waals surface area (Å²) in [5, 5.41) is 13.3. The largest absolute Gasteiger partial charge is 0.493 e. The summed E-state index contributed by atoms with van der Waals surface area (Å²) < 4.78 is 10.5. The normalized spacial score (nSPS) is 10.5. The summed E-state index contributed by atoms with van der Waals surface area (Å²) in [7, 11) is 1.51. The van der Waals surface area contributed by atoms with Gasteiger partial charge >= 0.3 is 0 Å². The molecule has 0 bridgehead atoms. The van der Waals surface area contributed by atoms with Crippen molar-refractivity contribution in [2.75, 3.05) is 19.1 Å².